The fraction of sp³-hybridized carbons (Fsp3) is 0.385. The van der Waals surface area contributed by atoms with Crippen LogP contribution in [0.4, 0.5) is 18.9 Å². The number of nitrogens with one attached hydrogen (secondary N) is 2. The Morgan fingerprint density at radius 1 is 1.29 bits per heavy atom. The SMILES string of the molecule is O=C1CCSCC(C(=O)Nc2ccc(C(F)(F)F)cc2)N1. The van der Waals surface area contributed by atoms with E-state index in [1.54, 1.807) is 0 Å². The van der Waals surface area contributed by atoms with Gasteiger partial charge in [0.2, 0.25) is 11.8 Å². The molecule has 1 atom stereocenters. The summed E-state index contributed by atoms with van der Waals surface area (Å²) >= 11 is 1.48. The van der Waals surface area contributed by atoms with E-state index in [1.165, 1.54) is 23.9 Å². The molecule has 0 spiro atoms. The van der Waals surface area contributed by atoms with E-state index in [0.717, 1.165) is 12.1 Å². The quantitative estimate of drug-likeness (QED) is 0.879. The zero-order valence-corrected chi connectivity index (χ0v) is 11.7. The van der Waals surface area contributed by atoms with Crippen molar-refractivity contribution in [3.63, 3.8) is 0 Å². The van der Waals surface area contributed by atoms with Crippen LogP contribution < -0.4 is 10.6 Å². The van der Waals surface area contributed by atoms with Crippen molar-refractivity contribution < 1.29 is 22.8 Å². The van der Waals surface area contributed by atoms with Gasteiger partial charge in [-0.1, -0.05) is 0 Å². The molecule has 1 unspecified atom stereocenters. The number of carbonyl (C=O) groups excluding carboxylic acids is 2. The number of hydrogen-bond donors (Lipinski definition) is 2. The number of rotatable bonds is 2. The molecule has 0 aromatic heterocycles. The van der Waals surface area contributed by atoms with Crippen LogP contribution in [0, 0.1) is 0 Å². The summed E-state index contributed by atoms with van der Waals surface area (Å²) in [6.45, 7) is 0. The summed E-state index contributed by atoms with van der Waals surface area (Å²) in [4.78, 5) is 23.4. The van der Waals surface area contributed by atoms with E-state index < -0.39 is 23.7 Å². The second kappa shape index (κ2) is 6.38. The van der Waals surface area contributed by atoms with Crippen molar-refractivity contribution in [3.05, 3.63) is 29.8 Å². The van der Waals surface area contributed by atoms with Gasteiger partial charge in [-0.2, -0.15) is 24.9 Å². The Kier molecular flexibility index (Phi) is 4.76. The third-order valence-corrected chi connectivity index (χ3v) is 3.95. The summed E-state index contributed by atoms with van der Waals surface area (Å²) in [5.41, 5.74) is -0.518. The highest BCUT2D eigenvalue weighted by atomic mass is 32.2. The van der Waals surface area contributed by atoms with Crippen molar-refractivity contribution in [3.8, 4) is 0 Å². The molecule has 0 aliphatic carbocycles. The predicted molar refractivity (Wildman–Crippen MR) is 73.9 cm³/mol. The number of benzene rings is 1. The second-order valence-electron chi connectivity index (χ2n) is 4.51. The summed E-state index contributed by atoms with van der Waals surface area (Å²) in [5, 5.41) is 5.09. The van der Waals surface area contributed by atoms with Gasteiger partial charge in [-0.3, -0.25) is 9.59 Å². The van der Waals surface area contributed by atoms with Crippen LogP contribution in [-0.4, -0.2) is 29.4 Å². The summed E-state index contributed by atoms with van der Waals surface area (Å²) in [6, 6.07) is 3.50. The number of halogens is 3. The molecule has 1 aliphatic heterocycles. The van der Waals surface area contributed by atoms with Gasteiger partial charge in [-0.15, -0.1) is 0 Å². The van der Waals surface area contributed by atoms with E-state index in [0.29, 0.717) is 17.9 Å². The molecule has 1 heterocycles. The molecule has 0 bridgehead atoms. The number of alkyl halides is 3. The molecule has 1 aliphatic rings. The standard InChI is InChI=1S/C13H13F3N2O2S/c14-13(15,16)8-1-3-9(4-2-8)17-12(20)10-7-21-6-5-11(19)18-10/h1-4,10H,5-7H2,(H,17,20)(H,18,19). The maximum atomic E-state index is 12.4. The van der Waals surface area contributed by atoms with Crippen LogP contribution in [0.1, 0.15) is 12.0 Å². The minimum atomic E-state index is -4.41. The Labute approximate surface area is 123 Å². The van der Waals surface area contributed by atoms with Crippen molar-refractivity contribution in [2.24, 2.45) is 0 Å². The predicted octanol–water partition coefficient (Wildman–Crippen LogP) is 2.27. The first-order chi connectivity index (χ1) is 9.86. The summed E-state index contributed by atoms with van der Waals surface area (Å²) < 4.78 is 37.3. The van der Waals surface area contributed by atoms with Crippen LogP contribution in [-0.2, 0) is 15.8 Å². The third-order valence-electron chi connectivity index (χ3n) is 2.89. The maximum Gasteiger partial charge on any atom is 0.416 e. The fourth-order valence-corrected chi connectivity index (χ4v) is 2.75. The van der Waals surface area contributed by atoms with Crippen LogP contribution in [0.15, 0.2) is 24.3 Å². The van der Waals surface area contributed by atoms with Crippen molar-refractivity contribution in [2.45, 2.75) is 18.6 Å². The minimum absolute atomic E-state index is 0.201. The molecule has 0 saturated carbocycles. The Balaban J connectivity index is 2.00. The van der Waals surface area contributed by atoms with Crippen LogP contribution in [0.5, 0.6) is 0 Å². The van der Waals surface area contributed by atoms with E-state index in [1.807, 2.05) is 0 Å². The molecular weight excluding hydrogens is 305 g/mol. The fourth-order valence-electron chi connectivity index (χ4n) is 1.79. The molecular formula is C13H13F3N2O2S. The highest BCUT2D eigenvalue weighted by Crippen LogP contribution is 2.29. The molecule has 0 radical (unpaired) electrons. The maximum absolute atomic E-state index is 12.4. The summed E-state index contributed by atoms with van der Waals surface area (Å²) in [5.74, 6) is 0.457. The number of carbonyl (C=O) groups is 2. The topological polar surface area (TPSA) is 58.2 Å². The van der Waals surface area contributed by atoms with Crippen LogP contribution >= 0.6 is 11.8 Å². The zero-order valence-electron chi connectivity index (χ0n) is 10.9. The third kappa shape index (κ3) is 4.38. The lowest BCUT2D eigenvalue weighted by Crippen LogP contribution is -2.44. The summed E-state index contributed by atoms with van der Waals surface area (Å²) in [6.07, 6.45) is -4.05. The monoisotopic (exact) mass is 318 g/mol. The molecule has 114 valence electrons. The van der Waals surface area contributed by atoms with Crippen LogP contribution in [0.25, 0.3) is 0 Å². The van der Waals surface area contributed by atoms with Gasteiger partial charge in [-0.05, 0) is 24.3 Å². The number of amides is 2. The van der Waals surface area contributed by atoms with Gasteiger partial charge in [-0.25, -0.2) is 0 Å². The van der Waals surface area contributed by atoms with Crippen molar-refractivity contribution in [1.82, 2.24) is 5.32 Å². The van der Waals surface area contributed by atoms with Gasteiger partial charge >= 0.3 is 6.18 Å². The van der Waals surface area contributed by atoms with E-state index >= 15 is 0 Å². The molecule has 1 saturated heterocycles. The Hall–Kier alpha value is -1.70. The lowest BCUT2D eigenvalue weighted by molar-refractivity contribution is -0.137. The molecule has 1 aromatic rings. The largest absolute Gasteiger partial charge is 0.416 e. The van der Waals surface area contributed by atoms with Gasteiger partial charge in [0.05, 0.1) is 5.56 Å². The number of anilines is 1. The first kappa shape index (κ1) is 15.7. The van der Waals surface area contributed by atoms with Gasteiger partial charge < -0.3 is 10.6 Å². The zero-order chi connectivity index (χ0) is 15.5. The normalized spacial score (nSPS) is 19.6. The number of thioether (sulfide) groups is 1. The number of hydrogen-bond acceptors (Lipinski definition) is 3. The molecule has 8 heteroatoms. The smallest absolute Gasteiger partial charge is 0.343 e. The van der Waals surface area contributed by atoms with Gasteiger partial charge in [0.15, 0.2) is 0 Å². The van der Waals surface area contributed by atoms with Gasteiger partial charge in [0.1, 0.15) is 6.04 Å². The molecule has 2 amide bonds. The Morgan fingerprint density at radius 2 is 1.95 bits per heavy atom. The second-order valence-corrected chi connectivity index (χ2v) is 5.66. The molecule has 2 rings (SSSR count). The molecule has 1 aromatic carbocycles. The van der Waals surface area contributed by atoms with Crippen molar-refractivity contribution in [2.75, 3.05) is 16.8 Å². The average Bonchev–Trinajstić information content (AvgIpc) is 2.63. The van der Waals surface area contributed by atoms with Crippen LogP contribution in [0.3, 0.4) is 0 Å². The Morgan fingerprint density at radius 3 is 2.57 bits per heavy atom. The molecule has 21 heavy (non-hydrogen) atoms. The van der Waals surface area contributed by atoms with E-state index in [2.05, 4.69) is 10.6 Å². The first-order valence-electron chi connectivity index (χ1n) is 6.21. The van der Waals surface area contributed by atoms with Gasteiger partial charge in [0.25, 0.3) is 0 Å². The lowest BCUT2D eigenvalue weighted by atomic mass is 10.2. The van der Waals surface area contributed by atoms with E-state index in [9.17, 15) is 22.8 Å². The molecule has 2 N–H and O–H groups in total. The van der Waals surface area contributed by atoms with E-state index in [4.69, 9.17) is 0 Å². The molecule has 4 nitrogen and oxygen atoms in total. The first-order valence-corrected chi connectivity index (χ1v) is 7.37. The summed E-state index contributed by atoms with van der Waals surface area (Å²) in [7, 11) is 0. The highest BCUT2D eigenvalue weighted by molar-refractivity contribution is 7.99. The minimum Gasteiger partial charge on any atom is -0.343 e. The van der Waals surface area contributed by atoms with Gasteiger partial charge in [0, 0.05) is 23.6 Å². The highest BCUT2D eigenvalue weighted by Gasteiger charge is 2.30. The molecule has 1 fully saturated rings. The van der Waals surface area contributed by atoms with Crippen LogP contribution in [0.2, 0.25) is 0 Å². The van der Waals surface area contributed by atoms with E-state index in [-0.39, 0.29) is 11.6 Å². The lowest BCUT2D eigenvalue weighted by Gasteiger charge is -2.15. The Bertz CT molecular complexity index is 531. The average molecular weight is 318 g/mol. The van der Waals surface area contributed by atoms with Crippen molar-refractivity contribution in [1.29, 1.82) is 0 Å². The van der Waals surface area contributed by atoms with Crippen molar-refractivity contribution >= 4 is 29.3 Å².